The number of thioether (sulfide) groups is 1. The van der Waals surface area contributed by atoms with E-state index in [9.17, 15) is 13.8 Å². The van der Waals surface area contributed by atoms with Crippen molar-refractivity contribution in [2.24, 2.45) is 0 Å². The third-order valence-corrected chi connectivity index (χ3v) is 4.49. The van der Waals surface area contributed by atoms with Gasteiger partial charge in [-0.15, -0.1) is 0 Å². The first-order valence-electron chi connectivity index (χ1n) is 6.13. The fourth-order valence-corrected chi connectivity index (χ4v) is 2.82. The van der Waals surface area contributed by atoms with Crippen LogP contribution in [0.25, 0.3) is 11.3 Å². The maximum Gasteiger partial charge on any atom is 0.276 e. The number of hydrogen-bond acceptors (Lipinski definition) is 7. The van der Waals surface area contributed by atoms with Crippen molar-refractivity contribution in [1.82, 2.24) is 9.97 Å². The molecule has 22 heavy (non-hydrogen) atoms. The van der Waals surface area contributed by atoms with E-state index in [2.05, 4.69) is 9.97 Å². The molecule has 0 amide bonds. The molecule has 0 spiro atoms. The zero-order valence-corrected chi connectivity index (χ0v) is 13.5. The molecule has 0 aliphatic carbocycles. The molecule has 0 saturated heterocycles. The number of carbonyl (C=O) groups is 2. The molecule has 8 heteroatoms. The molecule has 6 nitrogen and oxygen atoms in total. The van der Waals surface area contributed by atoms with Crippen molar-refractivity contribution in [1.29, 1.82) is 4.78 Å². The minimum Gasteiger partial charge on any atom is -0.281 e. The second-order valence-electron chi connectivity index (χ2n) is 4.44. The highest BCUT2D eigenvalue weighted by Gasteiger charge is 2.22. The standard InChI is InChI=1S/C14H13N3O3S2/c1-21-14(19)12(18)13-16-8-10(22(2,15)20)11(17-13)9-6-4-3-5-7-9/h3-8,15H,1-2H3. The van der Waals surface area contributed by atoms with Crippen molar-refractivity contribution in [3.63, 3.8) is 0 Å². The maximum atomic E-state index is 12.1. The summed E-state index contributed by atoms with van der Waals surface area (Å²) in [6, 6.07) is 8.77. The lowest BCUT2D eigenvalue weighted by molar-refractivity contribution is -0.107. The normalized spacial score (nSPS) is 13.4. The summed E-state index contributed by atoms with van der Waals surface area (Å²) < 4.78 is 19.8. The number of carbonyl (C=O) groups excluding carboxylic acids is 2. The molecule has 1 N–H and O–H groups in total. The second-order valence-corrected chi connectivity index (χ2v) is 7.34. The van der Waals surface area contributed by atoms with Gasteiger partial charge in [0.05, 0.1) is 20.3 Å². The van der Waals surface area contributed by atoms with Crippen LogP contribution in [0.3, 0.4) is 0 Å². The zero-order valence-electron chi connectivity index (χ0n) is 11.9. The van der Waals surface area contributed by atoms with Crippen molar-refractivity contribution in [2.45, 2.75) is 4.90 Å². The number of rotatable bonds is 4. The van der Waals surface area contributed by atoms with E-state index in [1.807, 2.05) is 0 Å². The van der Waals surface area contributed by atoms with Crippen molar-refractivity contribution < 1.29 is 13.8 Å². The lowest BCUT2D eigenvalue weighted by Crippen LogP contribution is -2.15. The number of hydrogen-bond donors (Lipinski definition) is 1. The number of nitrogens with one attached hydrogen (secondary N) is 1. The Morgan fingerprint density at radius 3 is 2.41 bits per heavy atom. The summed E-state index contributed by atoms with van der Waals surface area (Å²) in [6.07, 6.45) is 3.94. The lowest BCUT2D eigenvalue weighted by Gasteiger charge is -2.09. The number of nitrogens with zero attached hydrogens (tertiary/aromatic N) is 2. The fourth-order valence-electron chi connectivity index (χ4n) is 1.75. The van der Waals surface area contributed by atoms with E-state index in [1.165, 1.54) is 18.7 Å². The van der Waals surface area contributed by atoms with Gasteiger partial charge < -0.3 is 0 Å². The Morgan fingerprint density at radius 2 is 1.86 bits per heavy atom. The molecule has 114 valence electrons. The van der Waals surface area contributed by atoms with Crippen molar-refractivity contribution >= 4 is 32.4 Å². The fraction of sp³-hybridized carbons (Fsp3) is 0.143. The molecule has 0 aliphatic rings. The molecule has 0 bridgehead atoms. The van der Waals surface area contributed by atoms with Gasteiger partial charge in [0.1, 0.15) is 0 Å². The van der Waals surface area contributed by atoms with E-state index < -0.39 is 20.6 Å². The lowest BCUT2D eigenvalue weighted by atomic mass is 10.1. The third kappa shape index (κ3) is 3.40. The summed E-state index contributed by atoms with van der Waals surface area (Å²) >= 11 is 0.777. The first-order chi connectivity index (χ1) is 10.3. The SMILES string of the molecule is CSC(=O)C(=O)c1ncc(S(C)(=N)=O)c(-c2ccccc2)n1. The van der Waals surface area contributed by atoms with E-state index in [4.69, 9.17) is 4.78 Å². The van der Waals surface area contributed by atoms with E-state index >= 15 is 0 Å². The molecule has 2 rings (SSSR count). The average molecular weight is 335 g/mol. The van der Waals surface area contributed by atoms with Crippen LogP contribution in [0.1, 0.15) is 10.6 Å². The summed E-state index contributed by atoms with van der Waals surface area (Å²) in [4.78, 5) is 31.4. The van der Waals surface area contributed by atoms with E-state index in [1.54, 1.807) is 30.3 Å². The predicted octanol–water partition coefficient (Wildman–Crippen LogP) is 2.25. The van der Waals surface area contributed by atoms with E-state index in [0.717, 1.165) is 11.8 Å². The van der Waals surface area contributed by atoms with Gasteiger partial charge in [-0.05, 0) is 6.26 Å². The molecule has 1 aromatic heterocycles. The first kappa shape index (κ1) is 16.3. The van der Waals surface area contributed by atoms with Gasteiger partial charge >= 0.3 is 0 Å². The highest BCUT2D eigenvalue weighted by atomic mass is 32.2. The van der Waals surface area contributed by atoms with Crippen LogP contribution in [-0.2, 0) is 14.5 Å². The number of ketones is 1. The Labute approximate surface area is 132 Å². The summed E-state index contributed by atoms with van der Waals surface area (Å²) in [6.45, 7) is 0. The topological polar surface area (TPSA) is 101 Å². The summed E-state index contributed by atoms with van der Waals surface area (Å²) in [5, 5.41) is -0.671. The largest absolute Gasteiger partial charge is 0.281 e. The predicted molar refractivity (Wildman–Crippen MR) is 85.4 cm³/mol. The monoisotopic (exact) mass is 335 g/mol. The Morgan fingerprint density at radius 1 is 1.23 bits per heavy atom. The molecular formula is C14H13N3O3S2. The third-order valence-electron chi connectivity index (χ3n) is 2.80. The molecule has 0 radical (unpaired) electrons. The highest BCUT2D eigenvalue weighted by molar-refractivity contribution is 8.14. The van der Waals surface area contributed by atoms with Crippen LogP contribution in [0.15, 0.2) is 41.4 Å². The molecule has 1 atom stereocenters. The van der Waals surface area contributed by atoms with Crippen LogP contribution in [0.4, 0.5) is 0 Å². The van der Waals surface area contributed by atoms with Gasteiger partial charge in [-0.25, -0.2) is 19.0 Å². The van der Waals surface area contributed by atoms with Gasteiger partial charge in [-0.3, -0.25) is 9.59 Å². The second kappa shape index (κ2) is 6.37. The van der Waals surface area contributed by atoms with Crippen LogP contribution in [0.2, 0.25) is 0 Å². The van der Waals surface area contributed by atoms with E-state index in [-0.39, 0.29) is 16.4 Å². The number of benzene rings is 1. The van der Waals surface area contributed by atoms with Crippen LogP contribution < -0.4 is 0 Å². The van der Waals surface area contributed by atoms with Gasteiger partial charge in [-0.1, -0.05) is 42.1 Å². The van der Waals surface area contributed by atoms with Gasteiger partial charge in [-0.2, -0.15) is 0 Å². The molecule has 1 aromatic carbocycles. The van der Waals surface area contributed by atoms with Crippen LogP contribution in [-0.4, -0.2) is 37.6 Å². The van der Waals surface area contributed by atoms with Crippen molar-refractivity contribution in [2.75, 3.05) is 12.5 Å². The summed E-state index contributed by atoms with van der Waals surface area (Å²) in [5.74, 6) is -1.07. The summed E-state index contributed by atoms with van der Waals surface area (Å²) in [5.41, 5.74) is 0.836. The molecule has 1 unspecified atom stereocenters. The average Bonchev–Trinajstić information content (AvgIpc) is 2.52. The Bertz CT molecular complexity index is 834. The van der Waals surface area contributed by atoms with Crippen LogP contribution >= 0.6 is 11.8 Å². The molecule has 1 heterocycles. The Balaban J connectivity index is 2.66. The Kier molecular flexibility index (Phi) is 4.72. The molecular weight excluding hydrogens is 322 g/mol. The molecule has 2 aromatic rings. The van der Waals surface area contributed by atoms with Gasteiger partial charge in [0.2, 0.25) is 5.82 Å². The van der Waals surface area contributed by atoms with Gasteiger partial charge in [0, 0.05) is 18.0 Å². The molecule has 0 aliphatic heterocycles. The zero-order chi connectivity index (χ0) is 16.3. The summed E-state index contributed by atoms with van der Waals surface area (Å²) in [7, 11) is -3.08. The Hall–Kier alpha value is -2.06. The van der Waals surface area contributed by atoms with E-state index in [0.29, 0.717) is 5.56 Å². The van der Waals surface area contributed by atoms with Gasteiger partial charge in [0.25, 0.3) is 10.9 Å². The quantitative estimate of drug-likeness (QED) is 0.679. The van der Waals surface area contributed by atoms with Gasteiger partial charge in [0.15, 0.2) is 0 Å². The van der Waals surface area contributed by atoms with Crippen molar-refractivity contribution in [3.05, 3.63) is 42.4 Å². The molecule has 0 saturated carbocycles. The van der Waals surface area contributed by atoms with Crippen molar-refractivity contribution in [3.8, 4) is 11.3 Å². The number of aromatic nitrogens is 2. The number of Topliss-reactive ketones (excluding diaryl/α,β-unsaturated/α-hetero) is 1. The minimum atomic E-state index is -3.08. The van der Waals surface area contributed by atoms with Crippen LogP contribution in [0.5, 0.6) is 0 Å². The first-order valence-corrected chi connectivity index (χ1v) is 9.32. The smallest absolute Gasteiger partial charge is 0.276 e. The molecule has 0 fully saturated rings. The minimum absolute atomic E-state index is 0.131. The van der Waals surface area contributed by atoms with Crippen LogP contribution in [0, 0.1) is 4.78 Å². The maximum absolute atomic E-state index is 12.1. The highest BCUT2D eigenvalue weighted by Crippen LogP contribution is 2.25.